The number of thiophene rings is 1. The van der Waals surface area contributed by atoms with Gasteiger partial charge in [0.25, 0.3) is 5.91 Å². The molecule has 1 atom stereocenters. The Kier molecular flexibility index (Phi) is 4.04. The molecule has 0 bridgehead atoms. The normalized spacial score (nSPS) is 22.6. The molecule has 0 aliphatic carbocycles. The van der Waals surface area contributed by atoms with Crippen molar-refractivity contribution < 1.29 is 31.9 Å². The van der Waals surface area contributed by atoms with Crippen molar-refractivity contribution in [2.45, 2.75) is 18.1 Å². The molecule has 0 saturated carbocycles. The summed E-state index contributed by atoms with van der Waals surface area (Å²) in [5, 5.41) is 2.64. The molecule has 0 radical (unpaired) electrons. The molecule has 27 heavy (non-hydrogen) atoms. The van der Waals surface area contributed by atoms with Gasteiger partial charge in [-0.15, -0.1) is 11.3 Å². The van der Waals surface area contributed by atoms with Crippen molar-refractivity contribution in [1.82, 2.24) is 10.2 Å². The highest BCUT2D eigenvalue weighted by Crippen LogP contribution is 2.42. The van der Waals surface area contributed by atoms with Crippen LogP contribution < -0.4 is 5.32 Å². The van der Waals surface area contributed by atoms with E-state index >= 15 is 0 Å². The molecule has 11 heteroatoms. The third-order valence-corrected chi connectivity index (χ3v) is 6.42. The number of amides is 2. The van der Waals surface area contributed by atoms with Gasteiger partial charge in [-0.2, -0.15) is 13.2 Å². The van der Waals surface area contributed by atoms with Crippen LogP contribution >= 0.6 is 22.9 Å². The first-order valence-electron chi connectivity index (χ1n) is 7.83. The number of likely N-dealkylation sites (tertiary alicyclic amines) is 1. The molecule has 2 aliphatic heterocycles. The second-order valence-electron chi connectivity index (χ2n) is 6.50. The molecule has 2 fully saturated rings. The number of ether oxygens (including phenoxy) is 1. The number of hydrogen-bond donors (Lipinski definition) is 1. The smallest absolute Gasteiger partial charge is 0.419 e. The van der Waals surface area contributed by atoms with Gasteiger partial charge in [-0.05, 0) is 12.5 Å². The molecule has 4 rings (SSSR count). The number of nitrogens with one attached hydrogen (secondary N) is 1. The standard InChI is InChI=1S/C16H11ClF4N2O3S/c17-9-7-1-2-8(16(19,20)21)10(18)11(7)27-12(9)13(24)23-4-3-15(5-23)6-26-14(25)22-15/h1-2H,3-6H2,(H,22,25). The van der Waals surface area contributed by atoms with Gasteiger partial charge in [-0.25, -0.2) is 9.18 Å². The van der Waals surface area contributed by atoms with Crippen LogP contribution in [0.15, 0.2) is 12.1 Å². The maximum absolute atomic E-state index is 14.3. The van der Waals surface area contributed by atoms with Crippen molar-refractivity contribution in [3.63, 3.8) is 0 Å². The minimum absolute atomic E-state index is 0.0350. The minimum Gasteiger partial charge on any atom is -0.447 e. The van der Waals surface area contributed by atoms with Gasteiger partial charge in [0.1, 0.15) is 11.5 Å². The second kappa shape index (κ2) is 5.96. The third-order valence-electron chi connectivity index (χ3n) is 4.72. The Balaban J connectivity index is 1.68. The maximum atomic E-state index is 14.3. The van der Waals surface area contributed by atoms with Crippen LogP contribution in [0.1, 0.15) is 21.7 Å². The van der Waals surface area contributed by atoms with E-state index in [0.29, 0.717) is 30.4 Å². The number of carbonyl (C=O) groups excluding carboxylic acids is 2. The number of halogens is 5. The molecular weight excluding hydrogens is 412 g/mol. The molecular formula is C16H11ClF4N2O3S. The Labute approximate surface area is 158 Å². The average molecular weight is 423 g/mol. The zero-order valence-electron chi connectivity index (χ0n) is 13.5. The van der Waals surface area contributed by atoms with E-state index in [9.17, 15) is 27.2 Å². The molecule has 1 aromatic heterocycles. The Morgan fingerprint density at radius 1 is 1.37 bits per heavy atom. The minimum atomic E-state index is -4.85. The van der Waals surface area contributed by atoms with Gasteiger partial charge in [0.05, 0.1) is 20.8 Å². The summed E-state index contributed by atoms with van der Waals surface area (Å²) in [6.07, 6.45) is -4.94. The maximum Gasteiger partial charge on any atom is 0.419 e. The first-order chi connectivity index (χ1) is 12.6. The molecule has 1 aromatic carbocycles. The van der Waals surface area contributed by atoms with E-state index in [1.165, 1.54) is 4.90 Å². The first-order valence-corrected chi connectivity index (χ1v) is 9.03. The van der Waals surface area contributed by atoms with Crippen molar-refractivity contribution in [2.75, 3.05) is 19.7 Å². The summed E-state index contributed by atoms with van der Waals surface area (Å²) in [6.45, 7) is 0.612. The fraction of sp³-hybridized carbons (Fsp3) is 0.375. The summed E-state index contributed by atoms with van der Waals surface area (Å²) in [4.78, 5) is 25.5. The molecule has 2 saturated heterocycles. The van der Waals surface area contributed by atoms with E-state index in [1.54, 1.807) is 0 Å². The SMILES string of the molecule is O=C1NC2(CCN(C(=O)c3sc4c(F)c(C(F)(F)F)ccc4c3Cl)C2)CO1. The Morgan fingerprint density at radius 2 is 2.11 bits per heavy atom. The van der Waals surface area contributed by atoms with Gasteiger partial charge in [-0.3, -0.25) is 4.79 Å². The van der Waals surface area contributed by atoms with Gasteiger partial charge < -0.3 is 15.0 Å². The van der Waals surface area contributed by atoms with Gasteiger partial charge in [-0.1, -0.05) is 17.7 Å². The zero-order valence-corrected chi connectivity index (χ0v) is 15.0. The van der Waals surface area contributed by atoms with Crippen LogP contribution in [0.4, 0.5) is 22.4 Å². The lowest BCUT2D eigenvalue weighted by molar-refractivity contribution is -0.139. The number of benzene rings is 1. The molecule has 3 heterocycles. The Morgan fingerprint density at radius 3 is 2.74 bits per heavy atom. The predicted octanol–water partition coefficient (Wildman–Crippen LogP) is 4.04. The van der Waals surface area contributed by atoms with Gasteiger partial charge in [0, 0.05) is 18.5 Å². The lowest BCUT2D eigenvalue weighted by Crippen LogP contribution is -2.46. The highest BCUT2D eigenvalue weighted by Gasteiger charge is 2.47. The van der Waals surface area contributed by atoms with Crippen molar-refractivity contribution >= 4 is 45.0 Å². The van der Waals surface area contributed by atoms with Crippen LogP contribution in [0.5, 0.6) is 0 Å². The molecule has 2 amide bonds. The molecule has 5 nitrogen and oxygen atoms in total. The van der Waals surface area contributed by atoms with Crippen LogP contribution in [0.25, 0.3) is 10.1 Å². The Hall–Kier alpha value is -2.07. The van der Waals surface area contributed by atoms with Crippen LogP contribution in [0.2, 0.25) is 5.02 Å². The molecule has 2 aliphatic rings. The third kappa shape index (κ3) is 2.91. The summed E-state index contributed by atoms with van der Waals surface area (Å²) >= 11 is 6.75. The lowest BCUT2D eigenvalue weighted by Gasteiger charge is -2.21. The molecule has 1 spiro atoms. The lowest BCUT2D eigenvalue weighted by atomic mass is 10.0. The topological polar surface area (TPSA) is 58.6 Å². The fourth-order valence-electron chi connectivity index (χ4n) is 3.36. The van der Waals surface area contributed by atoms with E-state index in [2.05, 4.69) is 5.32 Å². The number of fused-ring (bicyclic) bond motifs is 1. The molecule has 2 aromatic rings. The molecule has 144 valence electrons. The van der Waals surface area contributed by atoms with Crippen molar-refractivity contribution in [3.05, 3.63) is 33.4 Å². The van der Waals surface area contributed by atoms with Crippen LogP contribution in [-0.4, -0.2) is 42.1 Å². The number of nitrogens with zero attached hydrogens (tertiary/aromatic N) is 1. The monoisotopic (exact) mass is 422 g/mol. The van der Waals surface area contributed by atoms with Crippen LogP contribution in [0.3, 0.4) is 0 Å². The summed E-state index contributed by atoms with van der Waals surface area (Å²) in [5.74, 6) is -1.97. The van der Waals surface area contributed by atoms with E-state index in [-0.39, 0.29) is 33.1 Å². The van der Waals surface area contributed by atoms with Crippen molar-refractivity contribution in [3.8, 4) is 0 Å². The van der Waals surface area contributed by atoms with Crippen molar-refractivity contribution in [2.24, 2.45) is 0 Å². The van der Waals surface area contributed by atoms with E-state index in [1.807, 2.05) is 0 Å². The fourth-order valence-corrected chi connectivity index (χ4v) is 4.87. The van der Waals surface area contributed by atoms with Gasteiger partial charge in [0.2, 0.25) is 0 Å². The van der Waals surface area contributed by atoms with E-state index in [0.717, 1.165) is 6.07 Å². The number of cyclic esters (lactones) is 1. The predicted molar refractivity (Wildman–Crippen MR) is 89.5 cm³/mol. The summed E-state index contributed by atoms with van der Waals surface area (Å²) in [7, 11) is 0. The molecule has 1 N–H and O–H groups in total. The second-order valence-corrected chi connectivity index (χ2v) is 7.90. The number of hydrogen-bond acceptors (Lipinski definition) is 4. The quantitative estimate of drug-likeness (QED) is 0.706. The first kappa shape index (κ1) is 18.3. The number of alkyl carbamates (subject to hydrolysis) is 1. The summed E-state index contributed by atoms with van der Waals surface area (Å²) in [5.41, 5.74) is -2.08. The highest BCUT2D eigenvalue weighted by atomic mass is 35.5. The number of rotatable bonds is 1. The van der Waals surface area contributed by atoms with Crippen LogP contribution in [-0.2, 0) is 10.9 Å². The summed E-state index contributed by atoms with van der Waals surface area (Å²) in [6, 6.07) is 1.67. The number of alkyl halides is 3. The van der Waals surface area contributed by atoms with E-state index in [4.69, 9.17) is 16.3 Å². The molecule has 1 unspecified atom stereocenters. The largest absolute Gasteiger partial charge is 0.447 e. The van der Waals surface area contributed by atoms with Gasteiger partial charge >= 0.3 is 12.3 Å². The Bertz CT molecular complexity index is 977. The van der Waals surface area contributed by atoms with E-state index < -0.39 is 35.1 Å². The van der Waals surface area contributed by atoms with Gasteiger partial charge in [0.15, 0.2) is 5.82 Å². The number of carbonyl (C=O) groups is 2. The average Bonchev–Trinajstić information content (AvgIpc) is 3.26. The van der Waals surface area contributed by atoms with Crippen molar-refractivity contribution in [1.29, 1.82) is 0 Å². The highest BCUT2D eigenvalue weighted by molar-refractivity contribution is 7.21. The zero-order chi connectivity index (χ0) is 19.6. The summed E-state index contributed by atoms with van der Waals surface area (Å²) < 4.78 is 57.6. The van der Waals surface area contributed by atoms with Crippen LogP contribution in [0, 0.1) is 5.82 Å².